The van der Waals surface area contributed by atoms with Gasteiger partial charge in [-0.25, -0.2) is 4.39 Å². The molecule has 0 unspecified atom stereocenters. The van der Waals surface area contributed by atoms with Crippen LogP contribution in [0.15, 0.2) is 12.1 Å². The molecule has 0 atom stereocenters. The number of aliphatic hydroxyl groups is 1. The molecule has 0 bridgehead atoms. The van der Waals surface area contributed by atoms with Gasteiger partial charge in [-0.05, 0) is 31.8 Å². The summed E-state index contributed by atoms with van der Waals surface area (Å²) in [5, 5.41) is 18.1. The van der Waals surface area contributed by atoms with E-state index in [4.69, 9.17) is 5.11 Å². The van der Waals surface area contributed by atoms with Gasteiger partial charge < -0.3 is 15.1 Å². The van der Waals surface area contributed by atoms with Gasteiger partial charge in [-0.15, -0.1) is 0 Å². The molecule has 1 rings (SSSR count). The van der Waals surface area contributed by atoms with E-state index in [1.165, 1.54) is 6.07 Å². The van der Waals surface area contributed by atoms with E-state index in [1.807, 2.05) is 19.0 Å². The quantitative estimate of drug-likeness (QED) is 0.765. The number of rotatable bonds is 3. The third kappa shape index (κ3) is 2.43. The minimum absolute atomic E-state index is 0.224. The van der Waals surface area contributed by atoms with E-state index in [-0.39, 0.29) is 12.2 Å². The van der Waals surface area contributed by atoms with Gasteiger partial charge in [0.15, 0.2) is 11.6 Å². The molecule has 0 radical (unpaired) electrons. The van der Waals surface area contributed by atoms with Crippen molar-refractivity contribution in [1.82, 2.24) is 4.90 Å². The van der Waals surface area contributed by atoms with E-state index in [1.54, 1.807) is 6.07 Å². The van der Waals surface area contributed by atoms with Crippen molar-refractivity contribution >= 4 is 0 Å². The molecule has 0 spiro atoms. The Morgan fingerprint density at radius 3 is 2.50 bits per heavy atom. The maximum Gasteiger partial charge on any atom is 0.165 e. The number of aliphatic hydroxyl groups excluding tert-OH is 1. The van der Waals surface area contributed by atoms with Crippen molar-refractivity contribution < 1.29 is 14.6 Å². The van der Waals surface area contributed by atoms with Gasteiger partial charge in [0.25, 0.3) is 0 Å². The first-order chi connectivity index (χ1) is 6.54. The summed E-state index contributed by atoms with van der Waals surface area (Å²) >= 11 is 0. The smallest absolute Gasteiger partial charge is 0.165 e. The molecular formula is C10H14FNO2. The molecule has 0 aliphatic rings. The van der Waals surface area contributed by atoms with Crippen LogP contribution in [-0.2, 0) is 13.2 Å². The molecule has 1 aromatic carbocycles. The van der Waals surface area contributed by atoms with Crippen LogP contribution in [0.25, 0.3) is 0 Å². The van der Waals surface area contributed by atoms with Crippen molar-refractivity contribution in [2.45, 2.75) is 13.2 Å². The van der Waals surface area contributed by atoms with Gasteiger partial charge in [0.05, 0.1) is 6.61 Å². The van der Waals surface area contributed by atoms with Crippen LogP contribution < -0.4 is 0 Å². The first-order valence-corrected chi connectivity index (χ1v) is 4.30. The largest absolute Gasteiger partial charge is 0.505 e. The van der Waals surface area contributed by atoms with Crippen LogP contribution in [0.5, 0.6) is 5.75 Å². The third-order valence-electron chi connectivity index (χ3n) is 1.87. The molecule has 2 N–H and O–H groups in total. The minimum Gasteiger partial charge on any atom is -0.505 e. The molecule has 0 aliphatic heterocycles. The highest BCUT2D eigenvalue weighted by atomic mass is 19.1. The lowest BCUT2D eigenvalue weighted by atomic mass is 10.1. The van der Waals surface area contributed by atoms with Crippen molar-refractivity contribution in [3.8, 4) is 5.75 Å². The second-order valence-corrected chi connectivity index (χ2v) is 3.48. The lowest BCUT2D eigenvalue weighted by Crippen LogP contribution is -2.11. The maximum absolute atomic E-state index is 13.1. The van der Waals surface area contributed by atoms with Crippen LogP contribution in [0.1, 0.15) is 11.1 Å². The highest BCUT2D eigenvalue weighted by Crippen LogP contribution is 2.23. The molecule has 0 saturated carbocycles. The van der Waals surface area contributed by atoms with Crippen LogP contribution >= 0.6 is 0 Å². The van der Waals surface area contributed by atoms with E-state index in [0.29, 0.717) is 6.54 Å². The third-order valence-corrected chi connectivity index (χ3v) is 1.87. The summed E-state index contributed by atoms with van der Waals surface area (Å²) in [7, 11) is 3.73. The number of aromatic hydroxyl groups is 1. The molecule has 3 nitrogen and oxygen atoms in total. The lowest BCUT2D eigenvalue weighted by Gasteiger charge is -2.11. The van der Waals surface area contributed by atoms with Crippen molar-refractivity contribution in [1.29, 1.82) is 0 Å². The Morgan fingerprint density at radius 2 is 2.00 bits per heavy atom. The highest BCUT2D eigenvalue weighted by molar-refractivity contribution is 5.37. The molecule has 0 fully saturated rings. The van der Waals surface area contributed by atoms with E-state index in [0.717, 1.165) is 5.56 Å². The Hall–Kier alpha value is -1.13. The molecule has 4 heteroatoms. The molecular weight excluding hydrogens is 185 g/mol. The Balaban J connectivity index is 3.03. The first kappa shape index (κ1) is 10.9. The van der Waals surface area contributed by atoms with Crippen LogP contribution in [0.4, 0.5) is 4.39 Å². The standard InChI is InChI=1S/C10H14FNO2/c1-12(2)5-7-3-8(6-13)10(14)9(11)4-7/h3-4,13-14H,5-6H2,1-2H3. The topological polar surface area (TPSA) is 43.7 Å². The number of phenols is 1. The molecule has 0 aromatic heterocycles. The number of nitrogens with zero attached hydrogens (tertiary/aromatic N) is 1. The minimum atomic E-state index is -0.687. The summed E-state index contributed by atoms with van der Waals surface area (Å²) in [6.07, 6.45) is 0. The van der Waals surface area contributed by atoms with Crippen molar-refractivity contribution in [2.75, 3.05) is 14.1 Å². The van der Waals surface area contributed by atoms with Crippen LogP contribution in [0.2, 0.25) is 0 Å². The monoisotopic (exact) mass is 199 g/mol. The zero-order valence-electron chi connectivity index (χ0n) is 8.29. The highest BCUT2D eigenvalue weighted by Gasteiger charge is 2.09. The van der Waals surface area contributed by atoms with Gasteiger partial charge >= 0.3 is 0 Å². The molecule has 0 heterocycles. The summed E-state index contributed by atoms with van der Waals surface area (Å²) in [6.45, 7) is 0.216. The van der Waals surface area contributed by atoms with Gasteiger partial charge in [-0.3, -0.25) is 0 Å². The fourth-order valence-electron chi connectivity index (χ4n) is 1.30. The van der Waals surface area contributed by atoms with Gasteiger partial charge in [-0.2, -0.15) is 0 Å². The average molecular weight is 199 g/mol. The Morgan fingerprint density at radius 1 is 1.36 bits per heavy atom. The summed E-state index contributed by atoms with van der Waals surface area (Å²) in [5.41, 5.74) is 0.955. The Bertz CT molecular complexity index is 326. The second kappa shape index (κ2) is 4.39. The van der Waals surface area contributed by atoms with Crippen LogP contribution in [0, 0.1) is 5.82 Å². The van der Waals surface area contributed by atoms with Gasteiger partial charge in [0.1, 0.15) is 0 Å². The summed E-state index contributed by atoms with van der Waals surface area (Å²) in [6, 6.07) is 2.87. The Labute approximate surface area is 82.4 Å². The Kier molecular flexibility index (Phi) is 3.43. The molecule has 78 valence electrons. The van der Waals surface area contributed by atoms with Gasteiger partial charge in [0.2, 0.25) is 0 Å². The van der Waals surface area contributed by atoms with E-state index < -0.39 is 11.6 Å². The lowest BCUT2D eigenvalue weighted by molar-refractivity contribution is 0.272. The van der Waals surface area contributed by atoms with Gasteiger partial charge in [0, 0.05) is 12.1 Å². The summed E-state index contributed by atoms with van der Waals surface area (Å²) < 4.78 is 13.1. The van der Waals surface area contributed by atoms with Crippen LogP contribution in [-0.4, -0.2) is 29.2 Å². The molecule has 0 saturated heterocycles. The van der Waals surface area contributed by atoms with Crippen LogP contribution in [0.3, 0.4) is 0 Å². The predicted octanol–water partition coefficient (Wildman–Crippen LogP) is 1.09. The SMILES string of the molecule is CN(C)Cc1cc(F)c(O)c(CO)c1. The van der Waals surface area contributed by atoms with Gasteiger partial charge in [-0.1, -0.05) is 0 Å². The number of halogens is 1. The molecule has 1 aromatic rings. The van der Waals surface area contributed by atoms with E-state index in [9.17, 15) is 9.50 Å². The number of hydrogen-bond donors (Lipinski definition) is 2. The molecule has 0 amide bonds. The average Bonchev–Trinajstić information content (AvgIpc) is 2.10. The molecule has 0 aliphatic carbocycles. The fourth-order valence-corrected chi connectivity index (χ4v) is 1.30. The number of hydrogen-bond acceptors (Lipinski definition) is 3. The maximum atomic E-state index is 13.1. The predicted molar refractivity (Wildman–Crippen MR) is 51.4 cm³/mol. The molecule has 14 heavy (non-hydrogen) atoms. The fraction of sp³-hybridized carbons (Fsp3) is 0.400. The van der Waals surface area contributed by atoms with Crippen molar-refractivity contribution in [3.63, 3.8) is 0 Å². The van der Waals surface area contributed by atoms with E-state index in [2.05, 4.69) is 0 Å². The normalized spacial score (nSPS) is 10.9. The summed E-state index contributed by atoms with van der Waals surface area (Å²) in [5.74, 6) is -1.15. The van der Waals surface area contributed by atoms with Crippen molar-refractivity contribution in [3.05, 3.63) is 29.1 Å². The second-order valence-electron chi connectivity index (χ2n) is 3.48. The van der Waals surface area contributed by atoms with Crippen molar-refractivity contribution in [2.24, 2.45) is 0 Å². The zero-order chi connectivity index (χ0) is 10.7. The van der Waals surface area contributed by atoms with E-state index >= 15 is 0 Å². The zero-order valence-corrected chi connectivity index (χ0v) is 8.29. The number of benzene rings is 1. The summed E-state index contributed by atoms with van der Waals surface area (Å²) in [4.78, 5) is 1.88. The first-order valence-electron chi connectivity index (χ1n) is 4.30.